The van der Waals surface area contributed by atoms with E-state index in [2.05, 4.69) is 6.92 Å². The maximum Gasteiger partial charge on any atom is 0.336 e. The van der Waals surface area contributed by atoms with E-state index in [0.717, 1.165) is 24.8 Å². The molecule has 76 valence electrons. The molecule has 0 heterocycles. The summed E-state index contributed by atoms with van der Waals surface area (Å²) < 4.78 is 0. The van der Waals surface area contributed by atoms with Gasteiger partial charge in [-0.3, -0.25) is 0 Å². The molecule has 0 spiro atoms. The van der Waals surface area contributed by atoms with Gasteiger partial charge in [-0.1, -0.05) is 19.4 Å². The molecule has 0 aliphatic carbocycles. The molecular formula is C11H14O3. The number of unbranched alkanes of at least 4 members (excludes halogenated alkanes) is 1. The van der Waals surface area contributed by atoms with Crippen LogP contribution in [0.15, 0.2) is 18.2 Å². The summed E-state index contributed by atoms with van der Waals surface area (Å²) in [6.07, 6.45) is 2.74. The molecule has 0 saturated carbocycles. The molecule has 0 atom stereocenters. The fraction of sp³-hybridized carbons (Fsp3) is 0.364. The van der Waals surface area contributed by atoms with Crippen LogP contribution in [0.2, 0.25) is 0 Å². The number of hydrogen-bond donors (Lipinski definition) is 2. The van der Waals surface area contributed by atoms with Crippen LogP contribution in [-0.4, -0.2) is 16.2 Å². The summed E-state index contributed by atoms with van der Waals surface area (Å²) in [5.74, 6) is -0.977. The molecule has 1 rings (SSSR count). The molecular weight excluding hydrogens is 180 g/mol. The fourth-order valence-electron chi connectivity index (χ4n) is 1.35. The van der Waals surface area contributed by atoms with Crippen LogP contribution in [0.3, 0.4) is 0 Å². The van der Waals surface area contributed by atoms with E-state index in [-0.39, 0.29) is 11.3 Å². The number of aromatic carboxylic acids is 1. The summed E-state index contributed by atoms with van der Waals surface area (Å²) >= 11 is 0. The van der Waals surface area contributed by atoms with Gasteiger partial charge in [0.25, 0.3) is 0 Å². The third-order valence-corrected chi connectivity index (χ3v) is 2.12. The van der Waals surface area contributed by atoms with Crippen molar-refractivity contribution in [2.45, 2.75) is 26.2 Å². The highest BCUT2D eigenvalue weighted by atomic mass is 16.4. The number of aromatic hydroxyl groups is 1. The van der Waals surface area contributed by atoms with Crippen molar-refractivity contribution in [1.29, 1.82) is 0 Å². The van der Waals surface area contributed by atoms with E-state index in [1.54, 1.807) is 6.07 Å². The summed E-state index contributed by atoms with van der Waals surface area (Å²) in [5, 5.41) is 18.0. The average Bonchev–Trinajstić information content (AvgIpc) is 2.15. The van der Waals surface area contributed by atoms with Gasteiger partial charge in [0.15, 0.2) is 0 Å². The molecule has 0 unspecified atom stereocenters. The topological polar surface area (TPSA) is 57.5 Å². The molecule has 0 amide bonds. The Kier molecular flexibility index (Phi) is 3.51. The standard InChI is InChI=1S/C11H14O3/c1-2-3-4-8-5-6-9(12)7-10(8)11(13)14/h5-7,12H,2-4H2,1H3,(H,13,14). The molecule has 0 aliphatic heterocycles. The van der Waals surface area contributed by atoms with Gasteiger partial charge in [0.05, 0.1) is 5.56 Å². The minimum Gasteiger partial charge on any atom is -0.508 e. The molecule has 0 saturated heterocycles. The van der Waals surface area contributed by atoms with Crippen LogP contribution in [0.5, 0.6) is 5.75 Å². The number of phenols is 1. The fourth-order valence-corrected chi connectivity index (χ4v) is 1.35. The summed E-state index contributed by atoms with van der Waals surface area (Å²) in [7, 11) is 0. The molecule has 1 aromatic rings. The van der Waals surface area contributed by atoms with Crippen LogP contribution >= 0.6 is 0 Å². The second kappa shape index (κ2) is 4.65. The number of carboxylic acids is 1. The normalized spacial score (nSPS) is 10.1. The van der Waals surface area contributed by atoms with Crippen LogP contribution in [0.4, 0.5) is 0 Å². The first kappa shape index (κ1) is 10.6. The zero-order chi connectivity index (χ0) is 10.6. The predicted molar refractivity (Wildman–Crippen MR) is 53.7 cm³/mol. The van der Waals surface area contributed by atoms with Gasteiger partial charge < -0.3 is 10.2 Å². The van der Waals surface area contributed by atoms with Crippen molar-refractivity contribution >= 4 is 5.97 Å². The number of carbonyl (C=O) groups is 1. The van der Waals surface area contributed by atoms with Gasteiger partial charge in [0.2, 0.25) is 0 Å². The zero-order valence-electron chi connectivity index (χ0n) is 8.16. The quantitative estimate of drug-likeness (QED) is 0.773. The summed E-state index contributed by atoms with van der Waals surface area (Å²) in [5.41, 5.74) is 0.996. The Morgan fingerprint density at radius 3 is 2.71 bits per heavy atom. The van der Waals surface area contributed by atoms with E-state index in [1.165, 1.54) is 12.1 Å². The van der Waals surface area contributed by atoms with Gasteiger partial charge in [-0.15, -0.1) is 0 Å². The van der Waals surface area contributed by atoms with Crippen molar-refractivity contribution in [3.63, 3.8) is 0 Å². The second-order valence-electron chi connectivity index (χ2n) is 3.25. The predicted octanol–water partition coefficient (Wildman–Crippen LogP) is 2.43. The highest BCUT2D eigenvalue weighted by Gasteiger charge is 2.09. The molecule has 0 radical (unpaired) electrons. The first-order chi connectivity index (χ1) is 6.65. The molecule has 0 bridgehead atoms. The van der Waals surface area contributed by atoms with Crippen LogP contribution < -0.4 is 0 Å². The van der Waals surface area contributed by atoms with E-state index in [9.17, 15) is 4.79 Å². The number of hydrogen-bond acceptors (Lipinski definition) is 2. The Hall–Kier alpha value is -1.51. The third-order valence-electron chi connectivity index (χ3n) is 2.12. The number of carboxylic acid groups (broad SMARTS) is 1. The zero-order valence-corrected chi connectivity index (χ0v) is 8.16. The van der Waals surface area contributed by atoms with Crippen LogP contribution in [0.25, 0.3) is 0 Å². The monoisotopic (exact) mass is 194 g/mol. The molecule has 3 heteroatoms. The Morgan fingerprint density at radius 1 is 1.43 bits per heavy atom. The van der Waals surface area contributed by atoms with Gasteiger partial charge in [-0.25, -0.2) is 4.79 Å². The van der Waals surface area contributed by atoms with Crippen molar-refractivity contribution in [3.05, 3.63) is 29.3 Å². The molecule has 1 aromatic carbocycles. The molecule has 0 aliphatic rings. The molecule has 2 N–H and O–H groups in total. The van der Waals surface area contributed by atoms with Gasteiger partial charge in [-0.2, -0.15) is 0 Å². The SMILES string of the molecule is CCCCc1ccc(O)cc1C(=O)O. The lowest BCUT2D eigenvalue weighted by Gasteiger charge is -2.05. The van der Waals surface area contributed by atoms with E-state index >= 15 is 0 Å². The highest BCUT2D eigenvalue weighted by Crippen LogP contribution is 2.18. The van der Waals surface area contributed by atoms with Crippen LogP contribution in [-0.2, 0) is 6.42 Å². The lowest BCUT2D eigenvalue weighted by atomic mass is 10.0. The van der Waals surface area contributed by atoms with Crippen molar-refractivity contribution in [2.24, 2.45) is 0 Å². The smallest absolute Gasteiger partial charge is 0.336 e. The van der Waals surface area contributed by atoms with Gasteiger partial charge in [-0.05, 0) is 30.5 Å². The molecule has 0 aromatic heterocycles. The molecule has 0 fully saturated rings. The number of phenolic OH excluding ortho intramolecular Hbond substituents is 1. The first-order valence-corrected chi connectivity index (χ1v) is 4.70. The maximum atomic E-state index is 10.8. The van der Waals surface area contributed by atoms with Gasteiger partial charge in [0.1, 0.15) is 5.75 Å². The van der Waals surface area contributed by atoms with Crippen molar-refractivity contribution < 1.29 is 15.0 Å². The summed E-state index contributed by atoms with van der Waals surface area (Å²) in [6.45, 7) is 2.06. The van der Waals surface area contributed by atoms with Crippen molar-refractivity contribution in [3.8, 4) is 5.75 Å². The lowest BCUT2D eigenvalue weighted by molar-refractivity contribution is 0.0695. The Bertz CT molecular complexity index is 331. The van der Waals surface area contributed by atoms with Gasteiger partial charge >= 0.3 is 5.97 Å². The average molecular weight is 194 g/mol. The molecule has 14 heavy (non-hydrogen) atoms. The third kappa shape index (κ3) is 2.49. The maximum absolute atomic E-state index is 10.8. The minimum atomic E-state index is -0.980. The van der Waals surface area contributed by atoms with Crippen LogP contribution in [0.1, 0.15) is 35.7 Å². The largest absolute Gasteiger partial charge is 0.508 e. The van der Waals surface area contributed by atoms with E-state index in [1.807, 2.05) is 0 Å². The Labute approximate surface area is 83.0 Å². The molecule has 3 nitrogen and oxygen atoms in total. The van der Waals surface area contributed by atoms with Crippen LogP contribution in [0, 0.1) is 0 Å². The second-order valence-corrected chi connectivity index (χ2v) is 3.25. The first-order valence-electron chi connectivity index (χ1n) is 4.70. The van der Waals surface area contributed by atoms with Crippen molar-refractivity contribution in [2.75, 3.05) is 0 Å². The van der Waals surface area contributed by atoms with Crippen molar-refractivity contribution in [1.82, 2.24) is 0 Å². The van der Waals surface area contributed by atoms with E-state index in [4.69, 9.17) is 10.2 Å². The number of benzene rings is 1. The highest BCUT2D eigenvalue weighted by molar-refractivity contribution is 5.89. The van der Waals surface area contributed by atoms with E-state index in [0.29, 0.717) is 0 Å². The summed E-state index contributed by atoms with van der Waals surface area (Å²) in [6, 6.07) is 4.50. The number of rotatable bonds is 4. The Balaban J connectivity index is 2.96. The van der Waals surface area contributed by atoms with E-state index < -0.39 is 5.97 Å². The summed E-state index contributed by atoms with van der Waals surface area (Å²) in [4.78, 5) is 10.8. The Morgan fingerprint density at radius 2 is 2.14 bits per heavy atom. The minimum absolute atomic E-state index is 0.00245. The lowest BCUT2D eigenvalue weighted by Crippen LogP contribution is -2.02. The van der Waals surface area contributed by atoms with Gasteiger partial charge in [0, 0.05) is 0 Å². The number of aryl methyl sites for hydroxylation is 1.